The highest BCUT2D eigenvalue weighted by Crippen LogP contribution is 2.19. The molecule has 6 heteroatoms. The van der Waals surface area contributed by atoms with Gasteiger partial charge in [-0.15, -0.1) is 0 Å². The fourth-order valence-electron chi connectivity index (χ4n) is 2.59. The van der Waals surface area contributed by atoms with E-state index >= 15 is 0 Å². The summed E-state index contributed by atoms with van der Waals surface area (Å²) >= 11 is 6.17. The van der Waals surface area contributed by atoms with Crippen molar-refractivity contribution in [2.45, 2.75) is 13.0 Å². The summed E-state index contributed by atoms with van der Waals surface area (Å²) in [5, 5.41) is 4.10. The lowest BCUT2D eigenvalue weighted by Crippen LogP contribution is -2.26. The molecule has 106 valence electrons. The van der Waals surface area contributed by atoms with Gasteiger partial charge in [0.05, 0.1) is 18.0 Å². The molecule has 0 aliphatic carbocycles. The molecule has 1 aromatic carbocycles. The average molecular weight is 294 g/mol. The van der Waals surface area contributed by atoms with Gasteiger partial charge in [0, 0.05) is 12.6 Å². The molecule has 1 aliphatic rings. The number of hydrogen-bond donors (Lipinski definition) is 1. The van der Waals surface area contributed by atoms with Gasteiger partial charge in [-0.2, -0.15) is 0 Å². The van der Waals surface area contributed by atoms with Crippen LogP contribution in [0.25, 0.3) is 10.9 Å². The van der Waals surface area contributed by atoms with Gasteiger partial charge in [-0.05, 0) is 49.2 Å². The smallest absolute Gasteiger partial charge is 0.262 e. The number of methoxy groups -OCH3 is 1. The van der Waals surface area contributed by atoms with Crippen LogP contribution in [0, 0.1) is 5.92 Å². The van der Waals surface area contributed by atoms with Gasteiger partial charge < -0.3 is 10.1 Å². The van der Waals surface area contributed by atoms with Crippen molar-refractivity contribution in [3.8, 4) is 5.75 Å². The fourth-order valence-corrected chi connectivity index (χ4v) is 2.82. The Bertz CT molecular complexity index is 693. The van der Waals surface area contributed by atoms with Crippen LogP contribution in [0.5, 0.6) is 5.75 Å². The molecule has 2 aromatic rings. The molecule has 0 radical (unpaired) electrons. The SMILES string of the molecule is COc1ccc2c(=O)n(CC3CCNC3)c(Cl)nc2c1. The lowest BCUT2D eigenvalue weighted by molar-refractivity contribution is 0.415. The van der Waals surface area contributed by atoms with Gasteiger partial charge in [-0.1, -0.05) is 0 Å². The summed E-state index contributed by atoms with van der Waals surface area (Å²) < 4.78 is 6.70. The van der Waals surface area contributed by atoms with Crippen LogP contribution >= 0.6 is 11.6 Å². The summed E-state index contributed by atoms with van der Waals surface area (Å²) in [4.78, 5) is 16.8. The Balaban J connectivity index is 2.06. The van der Waals surface area contributed by atoms with Crippen LogP contribution in [0.2, 0.25) is 5.28 Å². The van der Waals surface area contributed by atoms with Crippen molar-refractivity contribution in [1.82, 2.24) is 14.9 Å². The second-order valence-electron chi connectivity index (χ2n) is 5.04. The number of nitrogens with one attached hydrogen (secondary N) is 1. The monoisotopic (exact) mass is 293 g/mol. The van der Waals surface area contributed by atoms with E-state index in [4.69, 9.17) is 16.3 Å². The Morgan fingerprint density at radius 1 is 1.55 bits per heavy atom. The zero-order chi connectivity index (χ0) is 14.1. The number of rotatable bonds is 3. The molecule has 2 heterocycles. The van der Waals surface area contributed by atoms with Crippen LogP contribution in [0.15, 0.2) is 23.0 Å². The first-order valence-corrected chi connectivity index (χ1v) is 7.01. The van der Waals surface area contributed by atoms with Crippen LogP contribution in [0.1, 0.15) is 6.42 Å². The Morgan fingerprint density at radius 3 is 3.10 bits per heavy atom. The average Bonchev–Trinajstić information content (AvgIpc) is 2.95. The molecule has 3 rings (SSSR count). The van der Waals surface area contributed by atoms with Crippen LogP contribution in [-0.4, -0.2) is 29.8 Å². The highest BCUT2D eigenvalue weighted by molar-refractivity contribution is 6.28. The van der Waals surface area contributed by atoms with E-state index in [9.17, 15) is 4.79 Å². The number of halogens is 1. The second kappa shape index (κ2) is 5.42. The van der Waals surface area contributed by atoms with Gasteiger partial charge >= 0.3 is 0 Å². The number of benzene rings is 1. The van der Waals surface area contributed by atoms with Crippen molar-refractivity contribution in [1.29, 1.82) is 0 Å². The zero-order valence-corrected chi connectivity index (χ0v) is 12.0. The molecule has 0 amide bonds. The molecule has 5 nitrogen and oxygen atoms in total. The molecule has 0 bridgehead atoms. The van der Waals surface area contributed by atoms with E-state index in [1.165, 1.54) is 0 Å². The summed E-state index contributed by atoms with van der Waals surface area (Å²) in [6, 6.07) is 5.23. The Kier molecular flexibility index (Phi) is 3.63. The maximum atomic E-state index is 12.5. The highest BCUT2D eigenvalue weighted by atomic mass is 35.5. The minimum absolute atomic E-state index is 0.0884. The minimum Gasteiger partial charge on any atom is -0.497 e. The number of aromatic nitrogens is 2. The first-order valence-electron chi connectivity index (χ1n) is 6.64. The molecule has 1 aromatic heterocycles. The third kappa shape index (κ3) is 2.39. The first-order chi connectivity index (χ1) is 9.69. The van der Waals surface area contributed by atoms with E-state index in [2.05, 4.69) is 10.3 Å². The van der Waals surface area contributed by atoms with Crippen molar-refractivity contribution < 1.29 is 4.74 Å². The third-order valence-electron chi connectivity index (χ3n) is 3.72. The third-order valence-corrected chi connectivity index (χ3v) is 4.01. The fraction of sp³-hybridized carbons (Fsp3) is 0.429. The van der Waals surface area contributed by atoms with Crippen LogP contribution in [0.4, 0.5) is 0 Å². The molecular weight excluding hydrogens is 278 g/mol. The van der Waals surface area contributed by atoms with E-state index in [1.807, 2.05) is 0 Å². The van der Waals surface area contributed by atoms with E-state index in [1.54, 1.807) is 29.9 Å². The number of fused-ring (bicyclic) bond motifs is 1. The topological polar surface area (TPSA) is 56.1 Å². The summed E-state index contributed by atoms with van der Waals surface area (Å²) in [6.45, 7) is 2.53. The van der Waals surface area contributed by atoms with Gasteiger partial charge in [0.25, 0.3) is 5.56 Å². The molecule has 1 N–H and O–H groups in total. The van der Waals surface area contributed by atoms with Crippen molar-refractivity contribution in [2.24, 2.45) is 5.92 Å². The molecule has 0 spiro atoms. The van der Waals surface area contributed by atoms with Gasteiger partial charge in [-0.3, -0.25) is 9.36 Å². The Labute approximate surface area is 121 Å². The van der Waals surface area contributed by atoms with Gasteiger partial charge in [0.15, 0.2) is 0 Å². The summed E-state index contributed by atoms with van der Waals surface area (Å²) in [7, 11) is 1.58. The standard InChI is InChI=1S/C14H16ClN3O2/c1-20-10-2-3-11-12(6-10)17-14(15)18(13(11)19)8-9-4-5-16-7-9/h2-3,6,9,16H,4-5,7-8H2,1H3. The summed E-state index contributed by atoms with van der Waals surface area (Å²) in [5.74, 6) is 1.10. The van der Waals surface area contributed by atoms with Gasteiger partial charge in [0.2, 0.25) is 5.28 Å². The maximum absolute atomic E-state index is 12.5. The molecule has 1 unspecified atom stereocenters. The van der Waals surface area contributed by atoms with Crippen molar-refractivity contribution in [2.75, 3.05) is 20.2 Å². The molecule has 1 atom stereocenters. The molecule has 1 saturated heterocycles. The van der Waals surface area contributed by atoms with Gasteiger partial charge in [-0.25, -0.2) is 4.98 Å². The van der Waals surface area contributed by atoms with Crippen LogP contribution in [0.3, 0.4) is 0 Å². The minimum atomic E-state index is -0.0884. The molecule has 1 aliphatic heterocycles. The second-order valence-corrected chi connectivity index (χ2v) is 5.38. The van der Waals surface area contributed by atoms with Crippen LogP contribution < -0.4 is 15.6 Å². The first kappa shape index (κ1) is 13.4. The zero-order valence-electron chi connectivity index (χ0n) is 11.2. The van der Waals surface area contributed by atoms with E-state index < -0.39 is 0 Å². The van der Waals surface area contributed by atoms with Crippen molar-refractivity contribution in [3.05, 3.63) is 33.8 Å². The molecule has 1 fully saturated rings. The summed E-state index contributed by atoms with van der Waals surface area (Å²) in [6.07, 6.45) is 1.06. The predicted octanol–water partition coefficient (Wildman–Crippen LogP) is 1.67. The molecule has 0 saturated carbocycles. The number of ether oxygens (including phenoxy) is 1. The van der Waals surface area contributed by atoms with Gasteiger partial charge in [0.1, 0.15) is 5.75 Å². The normalized spacial score (nSPS) is 18.6. The maximum Gasteiger partial charge on any atom is 0.262 e. The Morgan fingerprint density at radius 2 is 2.40 bits per heavy atom. The highest BCUT2D eigenvalue weighted by Gasteiger charge is 2.18. The number of nitrogens with zero attached hydrogens (tertiary/aromatic N) is 2. The molecule has 20 heavy (non-hydrogen) atoms. The lowest BCUT2D eigenvalue weighted by atomic mass is 10.1. The van der Waals surface area contributed by atoms with E-state index in [0.717, 1.165) is 19.5 Å². The lowest BCUT2D eigenvalue weighted by Gasteiger charge is -2.13. The predicted molar refractivity (Wildman–Crippen MR) is 78.5 cm³/mol. The van der Waals surface area contributed by atoms with E-state index in [0.29, 0.717) is 29.1 Å². The van der Waals surface area contributed by atoms with Crippen molar-refractivity contribution in [3.63, 3.8) is 0 Å². The quantitative estimate of drug-likeness (QED) is 0.875. The number of hydrogen-bond acceptors (Lipinski definition) is 4. The van der Waals surface area contributed by atoms with E-state index in [-0.39, 0.29) is 10.8 Å². The molecular formula is C14H16ClN3O2. The Hall–Kier alpha value is -1.59. The summed E-state index contributed by atoms with van der Waals surface area (Å²) in [5.41, 5.74) is 0.481. The largest absolute Gasteiger partial charge is 0.497 e. The van der Waals surface area contributed by atoms with Crippen molar-refractivity contribution >= 4 is 22.5 Å². The van der Waals surface area contributed by atoms with Crippen LogP contribution in [-0.2, 0) is 6.54 Å².